The number of para-hydroxylation sites is 1. The Balaban J connectivity index is 1.07. The quantitative estimate of drug-likeness (QED) is 0.174. The van der Waals surface area contributed by atoms with Crippen LogP contribution in [0.3, 0.4) is 0 Å². The normalized spacial score (nSPS) is 16.0. The number of likely N-dealkylation sites (tertiary alicyclic amines) is 1. The second-order valence-electron chi connectivity index (χ2n) is 12.2. The van der Waals surface area contributed by atoms with E-state index in [0.29, 0.717) is 18.7 Å². The number of hydrogen-bond acceptors (Lipinski definition) is 8. The molecule has 250 valence electrons. The first-order valence-electron chi connectivity index (χ1n) is 16.8. The zero-order valence-corrected chi connectivity index (χ0v) is 27.1. The summed E-state index contributed by atoms with van der Waals surface area (Å²) >= 11 is 0. The van der Waals surface area contributed by atoms with Crippen LogP contribution in [-0.4, -0.2) is 91.8 Å². The molecular weight excluding hydrogens is 594 g/mol. The zero-order chi connectivity index (χ0) is 32.8. The van der Waals surface area contributed by atoms with Crippen LogP contribution in [0.4, 0.5) is 10.5 Å². The van der Waals surface area contributed by atoms with Crippen LogP contribution in [0, 0.1) is 5.92 Å². The summed E-state index contributed by atoms with van der Waals surface area (Å²) in [5.74, 6) is 0.000431. The third-order valence-corrected chi connectivity index (χ3v) is 8.85. The van der Waals surface area contributed by atoms with E-state index in [4.69, 9.17) is 9.84 Å². The molecule has 2 amide bonds. The smallest absolute Gasteiger partial charge is 0.429 e. The first-order valence-corrected chi connectivity index (χ1v) is 16.8. The van der Waals surface area contributed by atoms with Gasteiger partial charge in [-0.25, -0.2) is 14.8 Å². The predicted octanol–water partition coefficient (Wildman–Crippen LogP) is 4.49. The minimum absolute atomic E-state index is 0.00113. The zero-order valence-electron chi connectivity index (χ0n) is 27.1. The summed E-state index contributed by atoms with van der Waals surface area (Å²) in [4.78, 5) is 40.9. The first kappa shape index (κ1) is 34.3. The summed E-state index contributed by atoms with van der Waals surface area (Å²) in [6, 6.07) is 25.7. The maximum absolute atomic E-state index is 13.5. The number of nitrogens with zero attached hydrogens (tertiary/aromatic N) is 3. The minimum atomic E-state index is -0.423. The predicted molar refractivity (Wildman–Crippen MR) is 183 cm³/mol. The standard InChI is InChI=1S/C37H47N5O5/c43-25-19-39-36(45)32-17-23-40(24-18-32)28-29-13-15-31(16-14-29)35(44)27-38-20-26-47-37(46)42(41-21-7-2-8-22-41)34-12-6-5-11-33(34)30-9-3-1-4-10-30/h1,3-6,9-16,32,38,43H,2,7-8,17-28H2,(H,39,45). The maximum atomic E-state index is 13.5. The van der Waals surface area contributed by atoms with Gasteiger partial charge in [0.25, 0.3) is 0 Å². The number of ketones is 1. The molecule has 10 nitrogen and oxygen atoms in total. The van der Waals surface area contributed by atoms with Gasteiger partial charge in [-0.3, -0.25) is 14.5 Å². The largest absolute Gasteiger partial charge is 0.447 e. The van der Waals surface area contributed by atoms with Gasteiger partial charge in [0.1, 0.15) is 6.61 Å². The second-order valence-corrected chi connectivity index (χ2v) is 12.2. The van der Waals surface area contributed by atoms with Crippen molar-refractivity contribution in [1.82, 2.24) is 20.5 Å². The summed E-state index contributed by atoms with van der Waals surface area (Å²) in [6.07, 6.45) is 4.36. The van der Waals surface area contributed by atoms with Crippen LogP contribution in [-0.2, 0) is 16.1 Å². The third kappa shape index (κ3) is 9.71. The van der Waals surface area contributed by atoms with Crippen molar-refractivity contribution < 1.29 is 24.2 Å². The van der Waals surface area contributed by atoms with Crippen molar-refractivity contribution in [3.05, 3.63) is 90.0 Å². The van der Waals surface area contributed by atoms with Crippen molar-refractivity contribution in [2.45, 2.75) is 38.6 Å². The topological polar surface area (TPSA) is 114 Å². The highest BCUT2D eigenvalue weighted by Crippen LogP contribution is 2.33. The Labute approximate surface area is 277 Å². The molecule has 2 fully saturated rings. The molecule has 0 radical (unpaired) electrons. The van der Waals surface area contributed by atoms with Crippen LogP contribution < -0.4 is 15.6 Å². The van der Waals surface area contributed by atoms with Gasteiger partial charge in [-0.2, -0.15) is 0 Å². The number of ether oxygens (including phenoxy) is 1. The van der Waals surface area contributed by atoms with Gasteiger partial charge in [0, 0.05) is 49.8 Å². The van der Waals surface area contributed by atoms with Crippen molar-refractivity contribution >= 4 is 23.5 Å². The lowest BCUT2D eigenvalue weighted by Gasteiger charge is -2.37. The van der Waals surface area contributed by atoms with Gasteiger partial charge in [-0.05, 0) is 56.0 Å². The van der Waals surface area contributed by atoms with E-state index in [9.17, 15) is 14.4 Å². The molecule has 0 spiro atoms. The van der Waals surface area contributed by atoms with Gasteiger partial charge < -0.3 is 20.5 Å². The van der Waals surface area contributed by atoms with E-state index in [1.165, 1.54) is 0 Å². The molecule has 0 saturated carbocycles. The van der Waals surface area contributed by atoms with E-state index in [-0.39, 0.29) is 37.4 Å². The van der Waals surface area contributed by atoms with Crippen molar-refractivity contribution in [3.63, 3.8) is 0 Å². The average Bonchev–Trinajstić information content (AvgIpc) is 3.12. The fourth-order valence-corrected chi connectivity index (χ4v) is 6.27. The number of hydrazine groups is 1. The van der Waals surface area contributed by atoms with Crippen molar-refractivity contribution in [2.24, 2.45) is 5.92 Å². The van der Waals surface area contributed by atoms with Gasteiger partial charge in [0.15, 0.2) is 5.78 Å². The van der Waals surface area contributed by atoms with Crippen LogP contribution in [0.25, 0.3) is 11.1 Å². The number of rotatable bonds is 14. The number of carbonyl (C=O) groups is 3. The minimum Gasteiger partial charge on any atom is -0.447 e. The highest BCUT2D eigenvalue weighted by Gasteiger charge is 2.28. The molecule has 0 unspecified atom stereocenters. The fraction of sp³-hybridized carbons (Fsp3) is 0.432. The van der Waals surface area contributed by atoms with Crippen LogP contribution >= 0.6 is 0 Å². The molecule has 5 rings (SSSR count). The Hall–Kier alpha value is -4.09. The van der Waals surface area contributed by atoms with E-state index in [0.717, 1.165) is 87.2 Å². The number of benzene rings is 3. The highest BCUT2D eigenvalue weighted by molar-refractivity contribution is 5.97. The van der Waals surface area contributed by atoms with Gasteiger partial charge in [0.2, 0.25) is 5.91 Å². The fourth-order valence-electron chi connectivity index (χ4n) is 6.27. The molecule has 2 saturated heterocycles. The average molecular weight is 642 g/mol. The summed E-state index contributed by atoms with van der Waals surface area (Å²) in [6.45, 7) is 4.92. The lowest BCUT2D eigenvalue weighted by atomic mass is 9.95. The van der Waals surface area contributed by atoms with Crippen molar-refractivity contribution in [3.8, 4) is 11.1 Å². The lowest BCUT2D eigenvalue weighted by molar-refractivity contribution is -0.126. The molecule has 3 aromatic rings. The Morgan fingerprint density at radius 1 is 0.830 bits per heavy atom. The summed E-state index contributed by atoms with van der Waals surface area (Å²) < 4.78 is 5.75. The van der Waals surface area contributed by atoms with Crippen LogP contribution in [0.15, 0.2) is 78.9 Å². The Bertz CT molecular complexity index is 1440. The molecule has 3 aromatic carbocycles. The SMILES string of the molecule is O=C(CNCCOC(=O)N(c1ccccc1-c1ccccc1)N1CCCCC1)c1ccc(CN2CCC(C(=O)NCCO)CC2)cc1. The Morgan fingerprint density at radius 2 is 1.53 bits per heavy atom. The maximum Gasteiger partial charge on any atom is 0.429 e. The van der Waals surface area contributed by atoms with E-state index < -0.39 is 6.09 Å². The number of nitrogens with one attached hydrogen (secondary N) is 2. The lowest BCUT2D eigenvalue weighted by Crippen LogP contribution is -2.50. The van der Waals surface area contributed by atoms with Crippen LogP contribution in [0.1, 0.15) is 48.0 Å². The molecule has 10 heteroatoms. The number of piperidine rings is 2. The summed E-state index contributed by atoms with van der Waals surface area (Å²) in [5.41, 5.74) is 4.55. The van der Waals surface area contributed by atoms with Gasteiger partial charge in [-0.15, -0.1) is 0 Å². The first-order chi connectivity index (χ1) is 23.0. The monoisotopic (exact) mass is 641 g/mol. The number of aliphatic hydroxyl groups is 1. The van der Waals surface area contributed by atoms with Gasteiger partial charge in [-0.1, -0.05) is 79.2 Å². The second kappa shape index (κ2) is 17.7. The van der Waals surface area contributed by atoms with E-state index in [1.54, 1.807) is 5.01 Å². The van der Waals surface area contributed by atoms with Crippen LogP contribution in [0.2, 0.25) is 0 Å². The molecule has 0 aromatic heterocycles. The molecule has 3 N–H and O–H groups in total. The Kier molecular flexibility index (Phi) is 12.9. The molecule has 2 aliphatic rings. The van der Waals surface area contributed by atoms with E-state index in [1.807, 2.05) is 78.9 Å². The molecule has 2 aliphatic heterocycles. The van der Waals surface area contributed by atoms with Gasteiger partial charge in [0.05, 0.1) is 18.8 Å². The molecular formula is C37H47N5O5. The molecule has 47 heavy (non-hydrogen) atoms. The summed E-state index contributed by atoms with van der Waals surface area (Å²) in [5, 5.41) is 18.6. The highest BCUT2D eigenvalue weighted by atomic mass is 16.6. The van der Waals surface area contributed by atoms with E-state index in [2.05, 4.69) is 20.5 Å². The van der Waals surface area contributed by atoms with Crippen molar-refractivity contribution in [1.29, 1.82) is 0 Å². The number of hydrogen-bond donors (Lipinski definition) is 3. The van der Waals surface area contributed by atoms with E-state index >= 15 is 0 Å². The summed E-state index contributed by atoms with van der Waals surface area (Å²) in [7, 11) is 0. The van der Waals surface area contributed by atoms with Gasteiger partial charge >= 0.3 is 6.09 Å². The van der Waals surface area contributed by atoms with Crippen LogP contribution in [0.5, 0.6) is 0 Å². The number of amides is 2. The Morgan fingerprint density at radius 3 is 2.26 bits per heavy atom. The number of aliphatic hydroxyl groups excluding tert-OH is 1. The molecule has 0 atom stereocenters. The molecule has 0 bridgehead atoms. The number of carbonyl (C=O) groups excluding carboxylic acids is 3. The number of Topliss-reactive ketones (excluding diaryl/α,β-unsaturated/α-hetero) is 1. The third-order valence-electron chi connectivity index (χ3n) is 8.85. The molecule has 2 heterocycles. The van der Waals surface area contributed by atoms with Crippen molar-refractivity contribution in [2.75, 3.05) is 64.0 Å². The number of anilines is 1. The molecule has 0 aliphatic carbocycles.